The van der Waals surface area contributed by atoms with Crippen LogP contribution in [0.1, 0.15) is 15.9 Å². The Morgan fingerprint density at radius 1 is 1.19 bits per heavy atom. The number of nitrogen functional groups attached to an aromatic ring is 2. The highest BCUT2D eigenvalue weighted by atomic mass is 79.9. The van der Waals surface area contributed by atoms with Gasteiger partial charge in [-0.05, 0) is 46.3 Å². The Bertz CT molecular complexity index is 708. The average molecular weight is 357 g/mol. The largest absolute Gasteiger partial charge is 0.457 e. The van der Waals surface area contributed by atoms with Crippen LogP contribution in [0.15, 0.2) is 34.8 Å². The number of carbonyl (C=O) groups excluding carboxylic acids is 1. The lowest BCUT2D eigenvalue weighted by Crippen LogP contribution is -2.10. The van der Waals surface area contributed by atoms with Gasteiger partial charge in [0.2, 0.25) is 0 Å². The van der Waals surface area contributed by atoms with Crippen LogP contribution in [-0.4, -0.2) is 5.97 Å². The van der Waals surface area contributed by atoms with Gasteiger partial charge < -0.3 is 16.2 Å². The summed E-state index contributed by atoms with van der Waals surface area (Å²) in [7, 11) is 0. The molecule has 4 N–H and O–H groups in total. The molecule has 0 aliphatic carbocycles. The molecule has 7 heteroatoms. The summed E-state index contributed by atoms with van der Waals surface area (Å²) in [4.78, 5) is 11.9. The van der Waals surface area contributed by atoms with Crippen LogP contribution in [0.4, 0.5) is 20.2 Å². The molecule has 0 aliphatic heterocycles. The van der Waals surface area contributed by atoms with E-state index in [4.69, 9.17) is 16.2 Å². The van der Waals surface area contributed by atoms with Crippen LogP contribution in [0.5, 0.6) is 0 Å². The van der Waals surface area contributed by atoms with Crippen molar-refractivity contribution >= 4 is 33.3 Å². The molecule has 0 bridgehead atoms. The van der Waals surface area contributed by atoms with Crippen LogP contribution in [0.3, 0.4) is 0 Å². The molecule has 0 radical (unpaired) electrons. The van der Waals surface area contributed by atoms with E-state index >= 15 is 0 Å². The number of esters is 1. The molecule has 0 aliphatic rings. The Kier molecular flexibility index (Phi) is 4.42. The Morgan fingerprint density at radius 3 is 2.57 bits per heavy atom. The van der Waals surface area contributed by atoms with Gasteiger partial charge in [-0.2, -0.15) is 0 Å². The zero-order chi connectivity index (χ0) is 15.6. The second-order valence-electron chi connectivity index (χ2n) is 4.24. The van der Waals surface area contributed by atoms with E-state index in [1.54, 1.807) is 0 Å². The first-order valence-electron chi connectivity index (χ1n) is 5.84. The average Bonchev–Trinajstić information content (AvgIpc) is 2.43. The normalized spacial score (nSPS) is 10.4. The highest BCUT2D eigenvalue weighted by Crippen LogP contribution is 2.23. The molecule has 0 amide bonds. The van der Waals surface area contributed by atoms with Crippen molar-refractivity contribution in [3.8, 4) is 0 Å². The zero-order valence-corrected chi connectivity index (χ0v) is 12.3. The Labute approximate surface area is 127 Å². The van der Waals surface area contributed by atoms with E-state index in [0.29, 0.717) is 5.69 Å². The van der Waals surface area contributed by atoms with E-state index in [9.17, 15) is 13.6 Å². The van der Waals surface area contributed by atoms with Crippen LogP contribution in [0, 0.1) is 11.6 Å². The summed E-state index contributed by atoms with van der Waals surface area (Å²) in [6, 6.07) is 6.58. The molecule has 110 valence electrons. The number of hydrogen-bond donors (Lipinski definition) is 2. The van der Waals surface area contributed by atoms with Crippen LogP contribution in [0.2, 0.25) is 0 Å². The standard InChI is InChI=1S/C14H11BrF2N2O2/c15-10-3-4-11(16)9(13(10)17)6-21-14(20)8-2-1-7(18)5-12(8)19/h1-5H,6,18-19H2. The minimum atomic E-state index is -0.812. The molecule has 0 atom stereocenters. The van der Waals surface area contributed by atoms with Gasteiger partial charge in [0.05, 0.1) is 15.6 Å². The van der Waals surface area contributed by atoms with Gasteiger partial charge in [-0.15, -0.1) is 0 Å². The van der Waals surface area contributed by atoms with Crippen LogP contribution < -0.4 is 11.5 Å². The van der Waals surface area contributed by atoms with E-state index in [0.717, 1.165) is 6.07 Å². The molecule has 0 saturated heterocycles. The third-order valence-corrected chi connectivity index (χ3v) is 3.39. The molecule has 0 heterocycles. The lowest BCUT2D eigenvalue weighted by atomic mass is 10.1. The van der Waals surface area contributed by atoms with Crippen molar-refractivity contribution in [3.05, 3.63) is 57.6 Å². The van der Waals surface area contributed by atoms with Gasteiger partial charge in [0.15, 0.2) is 0 Å². The van der Waals surface area contributed by atoms with E-state index < -0.39 is 24.2 Å². The van der Waals surface area contributed by atoms with Gasteiger partial charge in [-0.3, -0.25) is 0 Å². The summed E-state index contributed by atoms with van der Waals surface area (Å²) in [5.74, 6) is -2.40. The maximum Gasteiger partial charge on any atom is 0.340 e. The Balaban J connectivity index is 2.17. The van der Waals surface area contributed by atoms with Crippen molar-refractivity contribution in [3.63, 3.8) is 0 Å². The molecule has 0 aromatic heterocycles. The summed E-state index contributed by atoms with van der Waals surface area (Å²) in [6.45, 7) is -0.542. The number of benzene rings is 2. The fourth-order valence-corrected chi connectivity index (χ4v) is 2.06. The number of rotatable bonds is 3. The molecule has 0 saturated carbocycles. The predicted molar refractivity (Wildman–Crippen MR) is 78.4 cm³/mol. The zero-order valence-electron chi connectivity index (χ0n) is 10.7. The van der Waals surface area contributed by atoms with Crippen molar-refractivity contribution in [2.45, 2.75) is 6.61 Å². The highest BCUT2D eigenvalue weighted by Gasteiger charge is 2.16. The van der Waals surface area contributed by atoms with Crippen LogP contribution in [-0.2, 0) is 11.3 Å². The summed E-state index contributed by atoms with van der Waals surface area (Å²) >= 11 is 2.94. The number of hydrogen-bond acceptors (Lipinski definition) is 4. The molecule has 2 aromatic rings. The van der Waals surface area contributed by atoms with Crippen molar-refractivity contribution in [1.82, 2.24) is 0 Å². The molecule has 4 nitrogen and oxygen atoms in total. The number of halogens is 3. The van der Waals surface area contributed by atoms with Crippen molar-refractivity contribution in [2.75, 3.05) is 11.5 Å². The fraction of sp³-hybridized carbons (Fsp3) is 0.0714. The number of ether oxygens (including phenoxy) is 1. The third-order valence-electron chi connectivity index (χ3n) is 2.78. The molecule has 0 unspecified atom stereocenters. The Hall–Kier alpha value is -2.15. The number of nitrogens with two attached hydrogens (primary N) is 2. The second kappa shape index (κ2) is 6.09. The first-order valence-corrected chi connectivity index (χ1v) is 6.64. The SMILES string of the molecule is Nc1ccc(C(=O)OCc2c(F)ccc(Br)c2F)c(N)c1. The van der Waals surface area contributed by atoms with Gasteiger partial charge in [0.1, 0.15) is 18.2 Å². The first-order chi connectivity index (χ1) is 9.90. The van der Waals surface area contributed by atoms with E-state index in [2.05, 4.69) is 15.9 Å². The molecular weight excluding hydrogens is 346 g/mol. The van der Waals surface area contributed by atoms with Gasteiger partial charge in [0, 0.05) is 11.4 Å². The quantitative estimate of drug-likeness (QED) is 0.502. The van der Waals surface area contributed by atoms with Gasteiger partial charge >= 0.3 is 5.97 Å². The molecule has 21 heavy (non-hydrogen) atoms. The topological polar surface area (TPSA) is 78.3 Å². The molecule has 0 fully saturated rings. The van der Waals surface area contributed by atoms with Gasteiger partial charge in [-0.25, -0.2) is 13.6 Å². The fourth-order valence-electron chi connectivity index (χ4n) is 1.68. The van der Waals surface area contributed by atoms with E-state index in [1.807, 2.05) is 0 Å². The number of anilines is 2. The van der Waals surface area contributed by atoms with Crippen molar-refractivity contribution < 1.29 is 18.3 Å². The van der Waals surface area contributed by atoms with E-state index in [1.165, 1.54) is 24.3 Å². The highest BCUT2D eigenvalue weighted by molar-refractivity contribution is 9.10. The summed E-state index contributed by atoms with van der Waals surface area (Å²) in [6.07, 6.45) is 0. The minimum absolute atomic E-state index is 0.0833. The lowest BCUT2D eigenvalue weighted by Gasteiger charge is -2.09. The predicted octanol–water partition coefficient (Wildman–Crippen LogP) is 3.25. The molecule has 2 rings (SSSR count). The molecular formula is C14H11BrF2N2O2. The summed E-state index contributed by atoms with van der Waals surface area (Å²) < 4.78 is 32.2. The maximum absolute atomic E-state index is 13.7. The second-order valence-corrected chi connectivity index (χ2v) is 5.10. The minimum Gasteiger partial charge on any atom is -0.457 e. The summed E-state index contributed by atoms with van der Waals surface area (Å²) in [5, 5.41) is 0. The lowest BCUT2D eigenvalue weighted by molar-refractivity contribution is 0.0466. The van der Waals surface area contributed by atoms with Gasteiger partial charge in [0.25, 0.3) is 0 Å². The molecule has 2 aromatic carbocycles. The first kappa shape index (κ1) is 15.2. The summed E-state index contributed by atoms with van der Waals surface area (Å²) in [5.41, 5.74) is 11.4. The maximum atomic E-state index is 13.7. The van der Waals surface area contributed by atoms with Crippen molar-refractivity contribution in [2.24, 2.45) is 0 Å². The molecule has 0 spiro atoms. The van der Waals surface area contributed by atoms with E-state index in [-0.39, 0.29) is 21.3 Å². The Morgan fingerprint density at radius 2 is 1.90 bits per heavy atom. The number of carbonyl (C=O) groups is 1. The van der Waals surface area contributed by atoms with Crippen LogP contribution >= 0.6 is 15.9 Å². The third kappa shape index (κ3) is 3.30. The van der Waals surface area contributed by atoms with Crippen molar-refractivity contribution in [1.29, 1.82) is 0 Å². The monoisotopic (exact) mass is 356 g/mol. The van der Waals surface area contributed by atoms with Crippen LogP contribution in [0.25, 0.3) is 0 Å². The smallest absolute Gasteiger partial charge is 0.340 e. The van der Waals surface area contributed by atoms with Gasteiger partial charge in [-0.1, -0.05) is 0 Å².